The number of nitrogens with zero attached hydrogens (tertiary/aromatic N) is 4. The molecule has 3 N–H and O–H groups in total. The number of nitrogens with one attached hydrogen (secondary N) is 1. The molecule has 0 saturated heterocycles. The van der Waals surface area contributed by atoms with Gasteiger partial charge in [0.25, 0.3) is 0 Å². The van der Waals surface area contributed by atoms with E-state index >= 15 is 0 Å². The predicted molar refractivity (Wildman–Crippen MR) is 113 cm³/mol. The second-order valence-electron chi connectivity index (χ2n) is 7.19. The zero-order chi connectivity index (χ0) is 19.8. The maximum atomic E-state index is 13.2. The van der Waals surface area contributed by atoms with E-state index in [1.165, 1.54) is 0 Å². The summed E-state index contributed by atoms with van der Waals surface area (Å²) >= 11 is 1.56. The van der Waals surface area contributed by atoms with Gasteiger partial charge in [-0.1, -0.05) is 12.5 Å². The first kappa shape index (κ1) is 17.7. The van der Waals surface area contributed by atoms with Crippen LogP contribution in [0.1, 0.15) is 24.8 Å². The number of thiazole rings is 1. The van der Waals surface area contributed by atoms with Gasteiger partial charge >= 0.3 is 0 Å². The summed E-state index contributed by atoms with van der Waals surface area (Å²) in [5.41, 5.74) is 11.0. The van der Waals surface area contributed by atoms with E-state index in [-0.39, 0.29) is 11.9 Å². The summed E-state index contributed by atoms with van der Waals surface area (Å²) in [5.74, 6) is 0.241. The summed E-state index contributed by atoms with van der Waals surface area (Å²) in [6.45, 7) is 0. The van der Waals surface area contributed by atoms with Gasteiger partial charge in [-0.05, 0) is 42.7 Å². The number of carbonyl (C=O) groups excluding carboxylic acids is 1. The third kappa shape index (κ3) is 3.11. The van der Waals surface area contributed by atoms with Crippen LogP contribution in [0.3, 0.4) is 0 Å². The van der Waals surface area contributed by atoms with Crippen molar-refractivity contribution in [1.29, 1.82) is 0 Å². The highest BCUT2D eigenvalue weighted by Gasteiger charge is 2.45. The van der Waals surface area contributed by atoms with Gasteiger partial charge in [0.1, 0.15) is 0 Å². The largest absolute Gasteiger partial charge is 0.368 e. The molecule has 1 aliphatic carbocycles. The van der Waals surface area contributed by atoms with Gasteiger partial charge in [-0.2, -0.15) is 0 Å². The van der Waals surface area contributed by atoms with Gasteiger partial charge in [-0.15, -0.1) is 11.3 Å². The van der Waals surface area contributed by atoms with E-state index in [0.717, 1.165) is 52.0 Å². The second-order valence-corrected chi connectivity index (χ2v) is 8.07. The van der Waals surface area contributed by atoms with Crippen molar-refractivity contribution in [2.24, 2.45) is 0 Å². The maximum Gasteiger partial charge on any atom is 0.235 e. The smallest absolute Gasteiger partial charge is 0.235 e. The molecule has 5 rings (SSSR count). The fourth-order valence-electron chi connectivity index (χ4n) is 3.68. The Morgan fingerprint density at radius 3 is 2.55 bits per heavy atom. The van der Waals surface area contributed by atoms with Crippen molar-refractivity contribution in [3.8, 4) is 11.3 Å². The van der Waals surface area contributed by atoms with Gasteiger partial charge in [0.05, 0.1) is 26.8 Å². The minimum absolute atomic E-state index is 0.0120. The van der Waals surface area contributed by atoms with Gasteiger partial charge in [0, 0.05) is 29.8 Å². The van der Waals surface area contributed by atoms with Crippen LogP contribution >= 0.6 is 11.3 Å². The van der Waals surface area contributed by atoms with Crippen LogP contribution in [0, 0.1) is 0 Å². The first-order valence-electron chi connectivity index (χ1n) is 9.33. The number of anilines is 2. The summed E-state index contributed by atoms with van der Waals surface area (Å²) < 4.78 is 1.06. The summed E-state index contributed by atoms with van der Waals surface area (Å²) in [7, 11) is 0. The van der Waals surface area contributed by atoms with Crippen LogP contribution in [0.15, 0.2) is 54.4 Å². The number of hydrogen-bond acceptors (Lipinski definition) is 7. The Kier molecular flexibility index (Phi) is 4.21. The first-order chi connectivity index (χ1) is 14.1. The summed E-state index contributed by atoms with van der Waals surface area (Å²) in [4.78, 5) is 30.0. The number of aromatic nitrogens is 4. The third-order valence-electron chi connectivity index (χ3n) is 5.51. The molecule has 1 fully saturated rings. The molecule has 1 aliphatic rings. The number of fused-ring (bicyclic) bond motifs is 1. The molecule has 4 aromatic rings. The number of nitrogens with two attached hydrogens (primary N) is 1. The molecular weight excluding hydrogens is 384 g/mol. The number of nitrogen functional groups attached to an aromatic ring is 1. The highest BCUT2D eigenvalue weighted by molar-refractivity contribution is 7.16. The van der Waals surface area contributed by atoms with Crippen molar-refractivity contribution in [1.82, 2.24) is 19.9 Å². The average Bonchev–Trinajstić information content (AvgIpc) is 3.16. The van der Waals surface area contributed by atoms with Gasteiger partial charge in [0.2, 0.25) is 11.9 Å². The second kappa shape index (κ2) is 6.89. The molecule has 0 unspecified atom stereocenters. The molecule has 0 atom stereocenters. The molecule has 0 radical (unpaired) electrons. The van der Waals surface area contributed by atoms with E-state index in [1.54, 1.807) is 29.9 Å². The number of carbonyl (C=O) groups is 1. The van der Waals surface area contributed by atoms with E-state index in [1.807, 2.05) is 35.8 Å². The van der Waals surface area contributed by atoms with Crippen molar-refractivity contribution in [3.05, 3.63) is 60.0 Å². The van der Waals surface area contributed by atoms with Crippen LogP contribution in [-0.4, -0.2) is 25.8 Å². The standard InChI is InChI=1S/C21H18N6OS/c22-20-24-9-13(10-25-20)16-4-2-14(11-23-16)21(6-1-7-21)19(28)27-15-3-5-17-18(8-15)29-12-26-17/h2-5,8-12H,1,6-7H2,(H,27,28)(H2,22,24,25). The monoisotopic (exact) mass is 402 g/mol. The highest BCUT2D eigenvalue weighted by atomic mass is 32.1. The van der Waals surface area contributed by atoms with Crippen LogP contribution in [0.25, 0.3) is 21.5 Å². The van der Waals surface area contributed by atoms with Crippen molar-refractivity contribution in [3.63, 3.8) is 0 Å². The van der Waals surface area contributed by atoms with Gasteiger partial charge in [-0.25, -0.2) is 15.0 Å². The SMILES string of the molecule is Nc1ncc(-c2ccc(C3(C(=O)Nc4ccc5ncsc5c4)CCC3)cn2)cn1. The van der Waals surface area contributed by atoms with Crippen LogP contribution < -0.4 is 11.1 Å². The molecule has 3 aromatic heterocycles. The minimum Gasteiger partial charge on any atom is -0.368 e. The van der Waals surface area contributed by atoms with Crippen LogP contribution in [0.5, 0.6) is 0 Å². The fraction of sp³-hybridized carbons (Fsp3) is 0.190. The number of benzene rings is 1. The third-order valence-corrected chi connectivity index (χ3v) is 6.31. The lowest BCUT2D eigenvalue weighted by Crippen LogP contribution is -2.46. The van der Waals surface area contributed by atoms with Crippen molar-refractivity contribution >= 4 is 39.1 Å². The lowest BCUT2D eigenvalue weighted by molar-refractivity contribution is -0.124. The maximum absolute atomic E-state index is 13.2. The molecule has 0 bridgehead atoms. The number of hydrogen-bond donors (Lipinski definition) is 2. The molecule has 0 spiro atoms. The van der Waals surface area contributed by atoms with Crippen molar-refractivity contribution in [2.75, 3.05) is 11.1 Å². The number of rotatable bonds is 4. The van der Waals surface area contributed by atoms with Crippen LogP contribution in [0.4, 0.5) is 11.6 Å². The fourth-order valence-corrected chi connectivity index (χ4v) is 4.40. The number of pyridine rings is 1. The molecule has 0 aliphatic heterocycles. The normalized spacial score (nSPS) is 15.0. The first-order valence-corrected chi connectivity index (χ1v) is 10.2. The Balaban J connectivity index is 1.40. The van der Waals surface area contributed by atoms with Crippen molar-refractivity contribution in [2.45, 2.75) is 24.7 Å². The Morgan fingerprint density at radius 1 is 1.03 bits per heavy atom. The van der Waals surface area contributed by atoms with E-state index < -0.39 is 5.41 Å². The molecule has 1 amide bonds. The van der Waals surface area contributed by atoms with Gasteiger partial charge in [-0.3, -0.25) is 9.78 Å². The van der Waals surface area contributed by atoms with Gasteiger partial charge < -0.3 is 11.1 Å². The van der Waals surface area contributed by atoms with Crippen LogP contribution in [0.2, 0.25) is 0 Å². The Morgan fingerprint density at radius 2 is 1.86 bits per heavy atom. The molecule has 144 valence electrons. The average molecular weight is 402 g/mol. The zero-order valence-corrected chi connectivity index (χ0v) is 16.3. The summed E-state index contributed by atoms with van der Waals surface area (Å²) in [6, 6.07) is 9.68. The van der Waals surface area contributed by atoms with E-state index in [2.05, 4.69) is 25.3 Å². The summed E-state index contributed by atoms with van der Waals surface area (Å²) in [6.07, 6.45) is 7.73. The predicted octanol–water partition coefficient (Wildman–Crippen LogP) is 3.79. The molecular formula is C21H18N6OS. The van der Waals surface area contributed by atoms with E-state index in [9.17, 15) is 4.79 Å². The Bertz CT molecular complexity index is 1180. The van der Waals surface area contributed by atoms with Crippen molar-refractivity contribution < 1.29 is 4.79 Å². The minimum atomic E-state index is -0.536. The lowest BCUT2D eigenvalue weighted by atomic mass is 9.64. The molecule has 7 nitrogen and oxygen atoms in total. The molecule has 8 heteroatoms. The molecule has 29 heavy (non-hydrogen) atoms. The van der Waals surface area contributed by atoms with Gasteiger partial charge in [0.15, 0.2) is 0 Å². The van der Waals surface area contributed by atoms with Crippen LogP contribution in [-0.2, 0) is 10.2 Å². The quantitative estimate of drug-likeness (QED) is 0.538. The Labute approximate surface area is 171 Å². The molecule has 3 heterocycles. The highest BCUT2D eigenvalue weighted by Crippen LogP contribution is 2.44. The number of amides is 1. The van der Waals surface area contributed by atoms with E-state index in [4.69, 9.17) is 5.73 Å². The lowest BCUT2D eigenvalue weighted by Gasteiger charge is -2.40. The molecule has 1 saturated carbocycles. The zero-order valence-electron chi connectivity index (χ0n) is 15.5. The molecule has 1 aromatic carbocycles. The Hall–Kier alpha value is -3.39. The summed E-state index contributed by atoms with van der Waals surface area (Å²) in [5, 5.41) is 3.10. The van der Waals surface area contributed by atoms with E-state index in [0.29, 0.717) is 0 Å². The topological polar surface area (TPSA) is 107 Å².